The third-order valence-electron chi connectivity index (χ3n) is 5.76. The van der Waals surface area contributed by atoms with Gasteiger partial charge >= 0.3 is 0 Å². The van der Waals surface area contributed by atoms with E-state index in [0.717, 1.165) is 24.3 Å². The Hall–Kier alpha value is -3.51. The van der Waals surface area contributed by atoms with E-state index in [9.17, 15) is 45.6 Å². The van der Waals surface area contributed by atoms with E-state index in [2.05, 4.69) is 0 Å². The van der Waals surface area contributed by atoms with E-state index in [4.69, 9.17) is 9.15 Å². The van der Waals surface area contributed by atoms with Gasteiger partial charge in [-0.1, -0.05) is 0 Å². The Morgan fingerprint density at radius 2 is 1.64 bits per heavy atom. The number of hydrogen-bond acceptors (Lipinski definition) is 11. The SMILES string of the molecule is O=c1c(O[C@@H]2C[C@H](CO)[C@@H](O)[C@H](O)[C@H]2O)c(-c2ccc(O)c(O)c2)oc2cc(O)cc(O)c12. The van der Waals surface area contributed by atoms with Gasteiger partial charge < -0.3 is 50.0 Å². The molecular formula is C22H22O11. The number of phenols is 4. The van der Waals surface area contributed by atoms with E-state index in [1.807, 2.05) is 0 Å². The molecule has 0 saturated heterocycles. The first-order chi connectivity index (χ1) is 15.6. The first kappa shape index (κ1) is 22.7. The highest BCUT2D eigenvalue weighted by molar-refractivity contribution is 5.88. The molecule has 2 aromatic carbocycles. The first-order valence-corrected chi connectivity index (χ1v) is 9.99. The summed E-state index contributed by atoms with van der Waals surface area (Å²) in [5, 5.41) is 79.3. The molecule has 1 fully saturated rings. The van der Waals surface area contributed by atoms with Crippen molar-refractivity contribution in [3.8, 4) is 40.1 Å². The van der Waals surface area contributed by atoms with Crippen molar-refractivity contribution >= 4 is 11.0 Å². The highest BCUT2D eigenvalue weighted by Crippen LogP contribution is 2.39. The Kier molecular flexibility index (Phi) is 5.80. The van der Waals surface area contributed by atoms with Crippen LogP contribution in [0.2, 0.25) is 0 Å². The third-order valence-corrected chi connectivity index (χ3v) is 5.76. The van der Waals surface area contributed by atoms with Crippen LogP contribution in [0.5, 0.6) is 28.7 Å². The van der Waals surface area contributed by atoms with Gasteiger partial charge in [-0.2, -0.15) is 0 Å². The maximum atomic E-state index is 13.3. The lowest BCUT2D eigenvalue weighted by molar-refractivity contribution is -0.157. The van der Waals surface area contributed by atoms with Crippen molar-refractivity contribution in [2.75, 3.05) is 6.61 Å². The van der Waals surface area contributed by atoms with E-state index in [1.165, 1.54) is 6.07 Å². The van der Waals surface area contributed by atoms with Crippen LogP contribution in [-0.4, -0.2) is 71.9 Å². The Morgan fingerprint density at radius 1 is 0.909 bits per heavy atom. The van der Waals surface area contributed by atoms with Crippen LogP contribution in [0.3, 0.4) is 0 Å². The average molecular weight is 462 g/mol. The maximum absolute atomic E-state index is 13.3. The minimum atomic E-state index is -1.67. The zero-order valence-corrected chi connectivity index (χ0v) is 17.0. The lowest BCUT2D eigenvalue weighted by atomic mass is 9.81. The lowest BCUT2D eigenvalue weighted by Crippen LogP contribution is -2.56. The molecule has 0 unspecified atom stereocenters. The number of phenolic OH excluding ortho intramolecular Hbond substituents is 4. The van der Waals surface area contributed by atoms with Gasteiger partial charge in [-0.25, -0.2) is 0 Å². The summed E-state index contributed by atoms with van der Waals surface area (Å²) in [6.07, 6.45) is -6.11. The molecule has 1 aromatic heterocycles. The van der Waals surface area contributed by atoms with Crippen molar-refractivity contribution in [1.29, 1.82) is 0 Å². The van der Waals surface area contributed by atoms with Crippen LogP contribution >= 0.6 is 0 Å². The molecule has 1 saturated carbocycles. The summed E-state index contributed by atoms with van der Waals surface area (Å²) in [7, 11) is 0. The summed E-state index contributed by atoms with van der Waals surface area (Å²) in [5.74, 6) is -3.58. The van der Waals surface area contributed by atoms with E-state index < -0.39 is 65.4 Å². The molecule has 11 heteroatoms. The second-order valence-electron chi connectivity index (χ2n) is 7.94. The molecule has 0 aliphatic heterocycles. The fraction of sp³-hybridized carbons (Fsp3) is 0.318. The van der Waals surface area contributed by atoms with Gasteiger partial charge in [-0.05, 0) is 24.6 Å². The predicted molar refractivity (Wildman–Crippen MR) is 112 cm³/mol. The van der Waals surface area contributed by atoms with Gasteiger partial charge in [-0.3, -0.25) is 4.79 Å². The highest BCUT2D eigenvalue weighted by atomic mass is 16.5. The van der Waals surface area contributed by atoms with Crippen LogP contribution in [0.15, 0.2) is 39.5 Å². The summed E-state index contributed by atoms with van der Waals surface area (Å²) in [6.45, 7) is -0.518. The Morgan fingerprint density at radius 3 is 2.30 bits per heavy atom. The zero-order valence-electron chi connectivity index (χ0n) is 17.0. The van der Waals surface area contributed by atoms with Gasteiger partial charge in [0.15, 0.2) is 17.3 Å². The Balaban J connectivity index is 1.91. The van der Waals surface area contributed by atoms with Gasteiger partial charge in [0.1, 0.15) is 40.8 Å². The van der Waals surface area contributed by atoms with Crippen molar-refractivity contribution < 1.29 is 50.0 Å². The molecule has 5 atom stereocenters. The van der Waals surface area contributed by atoms with Crippen molar-refractivity contribution in [3.05, 3.63) is 40.6 Å². The topological polar surface area (TPSA) is 201 Å². The van der Waals surface area contributed by atoms with E-state index in [-0.39, 0.29) is 34.5 Å². The molecule has 1 aliphatic rings. The molecule has 0 bridgehead atoms. The smallest absolute Gasteiger partial charge is 0.239 e. The van der Waals surface area contributed by atoms with Gasteiger partial charge in [-0.15, -0.1) is 0 Å². The first-order valence-electron chi connectivity index (χ1n) is 9.99. The lowest BCUT2D eigenvalue weighted by Gasteiger charge is -2.39. The van der Waals surface area contributed by atoms with Crippen molar-refractivity contribution in [1.82, 2.24) is 0 Å². The zero-order chi connectivity index (χ0) is 24.0. The van der Waals surface area contributed by atoms with Crippen LogP contribution in [0.1, 0.15) is 6.42 Å². The molecule has 4 rings (SSSR count). The largest absolute Gasteiger partial charge is 0.508 e. The Bertz CT molecular complexity index is 1250. The minimum absolute atomic E-state index is 0.0757. The number of aliphatic hydroxyl groups excluding tert-OH is 4. The van der Waals surface area contributed by atoms with Crippen molar-refractivity contribution in [2.24, 2.45) is 5.92 Å². The predicted octanol–water partition coefficient (Wildman–Crippen LogP) is 0.125. The summed E-state index contributed by atoms with van der Waals surface area (Å²) in [6, 6.07) is 5.53. The summed E-state index contributed by atoms with van der Waals surface area (Å²) in [5.41, 5.74) is -1.02. The summed E-state index contributed by atoms with van der Waals surface area (Å²) < 4.78 is 11.5. The molecule has 8 N–H and O–H groups in total. The molecule has 11 nitrogen and oxygen atoms in total. The summed E-state index contributed by atoms with van der Waals surface area (Å²) in [4.78, 5) is 13.3. The number of ether oxygens (including phenoxy) is 1. The van der Waals surface area contributed by atoms with Crippen molar-refractivity contribution in [3.63, 3.8) is 0 Å². The minimum Gasteiger partial charge on any atom is -0.508 e. The number of fused-ring (bicyclic) bond motifs is 1. The van der Waals surface area contributed by atoms with Crippen molar-refractivity contribution in [2.45, 2.75) is 30.8 Å². The highest BCUT2D eigenvalue weighted by Gasteiger charge is 2.44. The summed E-state index contributed by atoms with van der Waals surface area (Å²) >= 11 is 0. The molecule has 33 heavy (non-hydrogen) atoms. The average Bonchev–Trinajstić information content (AvgIpc) is 2.76. The fourth-order valence-corrected chi connectivity index (χ4v) is 3.96. The van der Waals surface area contributed by atoms with Gasteiger partial charge in [0.05, 0.1) is 6.10 Å². The number of aliphatic hydroxyl groups is 4. The number of rotatable bonds is 4. The van der Waals surface area contributed by atoms with Crippen LogP contribution in [-0.2, 0) is 0 Å². The third kappa shape index (κ3) is 3.91. The standard InChI is InChI=1S/C22H22O11/c23-7-9-4-15(18(29)20(31)17(9)28)33-22-19(30)16-13(27)5-10(24)6-14(16)32-21(22)8-1-2-11(25)12(26)3-8/h1-3,5-6,9,15,17-18,20,23-29,31H,4,7H2/t9-,15-,17-,18+,20+/m1/s1. The van der Waals surface area contributed by atoms with Crippen LogP contribution in [0.25, 0.3) is 22.3 Å². The van der Waals surface area contributed by atoms with Crippen LogP contribution < -0.4 is 10.2 Å². The quantitative estimate of drug-likeness (QED) is 0.245. The molecule has 3 aromatic rings. The molecule has 0 spiro atoms. The molecule has 1 heterocycles. The van der Waals surface area contributed by atoms with Crippen LogP contribution in [0.4, 0.5) is 0 Å². The monoisotopic (exact) mass is 462 g/mol. The molecule has 176 valence electrons. The second kappa shape index (κ2) is 8.45. The number of benzene rings is 2. The molecular weight excluding hydrogens is 440 g/mol. The fourth-order valence-electron chi connectivity index (χ4n) is 3.96. The Labute approximate surface area is 185 Å². The van der Waals surface area contributed by atoms with Gasteiger partial charge in [0.25, 0.3) is 0 Å². The van der Waals surface area contributed by atoms with Gasteiger partial charge in [0.2, 0.25) is 11.2 Å². The number of hydrogen-bond donors (Lipinski definition) is 8. The normalized spacial score (nSPS) is 25.3. The van der Waals surface area contributed by atoms with E-state index in [1.54, 1.807) is 0 Å². The molecule has 0 amide bonds. The molecule has 1 aliphatic carbocycles. The number of aromatic hydroxyl groups is 4. The van der Waals surface area contributed by atoms with E-state index >= 15 is 0 Å². The second-order valence-corrected chi connectivity index (χ2v) is 7.94. The van der Waals surface area contributed by atoms with Crippen LogP contribution in [0, 0.1) is 5.92 Å². The maximum Gasteiger partial charge on any atom is 0.239 e. The molecule has 0 radical (unpaired) electrons. The van der Waals surface area contributed by atoms with Gasteiger partial charge in [0, 0.05) is 30.2 Å². The van der Waals surface area contributed by atoms with E-state index in [0.29, 0.717) is 0 Å².